The van der Waals surface area contributed by atoms with E-state index in [9.17, 15) is 19.7 Å². The van der Waals surface area contributed by atoms with E-state index in [0.717, 1.165) is 0 Å². The topological polar surface area (TPSA) is 121 Å². The molecule has 0 bridgehead atoms. The molecule has 0 aliphatic heterocycles. The van der Waals surface area contributed by atoms with Gasteiger partial charge >= 0.3 is 5.97 Å². The standard InChI is InChI=1S/C15H14N2O5/c16-9-3-1-2-4-14(18)13(15(19)20)10-11-5-7-12(8-6-11)17(21)22/h5-8,10H,1-4H2,(H,19,20). The van der Waals surface area contributed by atoms with Gasteiger partial charge in [0.1, 0.15) is 5.57 Å². The van der Waals surface area contributed by atoms with Gasteiger partial charge in [-0.3, -0.25) is 14.9 Å². The molecule has 0 aliphatic carbocycles. The Kier molecular flexibility index (Phi) is 6.44. The van der Waals surface area contributed by atoms with Crippen LogP contribution in [-0.4, -0.2) is 21.8 Å². The first-order valence-corrected chi connectivity index (χ1v) is 6.55. The molecule has 22 heavy (non-hydrogen) atoms. The van der Waals surface area contributed by atoms with Gasteiger partial charge in [0.2, 0.25) is 0 Å². The highest BCUT2D eigenvalue weighted by Gasteiger charge is 2.17. The lowest BCUT2D eigenvalue weighted by atomic mass is 10.0. The van der Waals surface area contributed by atoms with E-state index in [1.54, 1.807) is 0 Å². The number of carbonyl (C=O) groups excluding carboxylic acids is 1. The van der Waals surface area contributed by atoms with Crippen LogP contribution in [0.1, 0.15) is 31.2 Å². The third kappa shape index (κ3) is 5.17. The van der Waals surface area contributed by atoms with E-state index in [-0.39, 0.29) is 17.7 Å². The number of hydrogen-bond donors (Lipinski definition) is 1. The van der Waals surface area contributed by atoms with E-state index in [4.69, 9.17) is 10.4 Å². The monoisotopic (exact) mass is 302 g/mol. The molecule has 0 fully saturated rings. The third-order valence-electron chi connectivity index (χ3n) is 2.89. The number of Topliss-reactive ketones (excluding diaryl/α,β-unsaturated/α-hetero) is 1. The molecule has 7 nitrogen and oxygen atoms in total. The van der Waals surface area contributed by atoms with E-state index >= 15 is 0 Å². The Morgan fingerprint density at radius 3 is 2.41 bits per heavy atom. The van der Waals surface area contributed by atoms with E-state index < -0.39 is 16.7 Å². The summed E-state index contributed by atoms with van der Waals surface area (Å²) in [6, 6.07) is 7.19. The summed E-state index contributed by atoms with van der Waals surface area (Å²) in [4.78, 5) is 33.0. The van der Waals surface area contributed by atoms with Crippen LogP contribution in [0.5, 0.6) is 0 Å². The SMILES string of the molecule is N#CCCCCC(=O)C(=Cc1ccc([N+](=O)[O-])cc1)C(=O)O. The smallest absolute Gasteiger partial charge is 0.339 e. The minimum absolute atomic E-state index is 0.0484. The van der Waals surface area contributed by atoms with Crippen LogP contribution < -0.4 is 0 Å². The van der Waals surface area contributed by atoms with Crippen molar-refractivity contribution in [2.45, 2.75) is 25.7 Å². The van der Waals surface area contributed by atoms with Gasteiger partial charge in [-0.25, -0.2) is 4.79 Å². The van der Waals surface area contributed by atoms with Crippen LogP contribution in [0.2, 0.25) is 0 Å². The Bertz CT molecular complexity index is 641. The average molecular weight is 302 g/mol. The van der Waals surface area contributed by atoms with Gasteiger partial charge in [-0.05, 0) is 36.6 Å². The lowest BCUT2D eigenvalue weighted by molar-refractivity contribution is -0.384. The van der Waals surface area contributed by atoms with Crippen molar-refractivity contribution >= 4 is 23.5 Å². The average Bonchev–Trinajstić information content (AvgIpc) is 2.49. The maximum Gasteiger partial charge on any atom is 0.339 e. The van der Waals surface area contributed by atoms with Crippen molar-refractivity contribution in [2.24, 2.45) is 0 Å². The number of carboxylic acid groups (broad SMARTS) is 1. The Balaban J connectivity index is 2.85. The molecule has 1 aromatic rings. The van der Waals surface area contributed by atoms with E-state index in [2.05, 4.69) is 0 Å². The first-order chi connectivity index (χ1) is 10.5. The summed E-state index contributed by atoms with van der Waals surface area (Å²) in [6.45, 7) is 0. The highest BCUT2D eigenvalue weighted by Crippen LogP contribution is 2.16. The first-order valence-electron chi connectivity index (χ1n) is 6.55. The Morgan fingerprint density at radius 2 is 1.91 bits per heavy atom. The summed E-state index contributed by atoms with van der Waals surface area (Å²) >= 11 is 0. The van der Waals surface area contributed by atoms with Gasteiger partial charge in [0.25, 0.3) is 5.69 Å². The predicted octanol–water partition coefficient (Wildman–Crippen LogP) is 2.72. The van der Waals surface area contributed by atoms with Crippen LogP contribution in [0.3, 0.4) is 0 Å². The van der Waals surface area contributed by atoms with Gasteiger partial charge in [0.15, 0.2) is 5.78 Å². The van der Waals surface area contributed by atoms with Crippen molar-refractivity contribution in [1.82, 2.24) is 0 Å². The molecular weight excluding hydrogens is 288 g/mol. The molecule has 0 heterocycles. The Labute approximate surface area is 126 Å². The maximum absolute atomic E-state index is 11.9. The molecule has 0 aliphatic rings. The predicted molar refractivity (Wildman–Crippen MR) is 77.8 cm³/mol. The first kappa shape index (κ1) is 17.0. The van der Waals surface area contributed by atoms with Crippen molar-refractivity contribution < 1.29 is 19.6 Å². The summed E-state index contributed by atoms with van der Waals surface area (Å²) in [5, 5.41) is 28.0. The summed E-state index contributed by atoms with van der Waals surface area (Å²) in [5.41, 5.74) is -0.0870. The van der Waals surface area contributed by atoms with Crippen LogP contribution in [0.15, 0.2) is 29.8 Å². The van der Waals surface area contributed by atoms with Gasteiger partial charge in [-0.2, -0.15) is 5.26 Å². The highest BCUT2D eigenvalue weighted by molar-refractivity contribution is 6.19. The number of benzene rings is 1. The maximum atomic E-state index is 11.9. The zero-order valence-electron chi connectivity index (χ0n) is 11.7. The molecule has 0 amide bonds. The van der Waals surface area contributed by atoms with Crippen LogP contribution in [-0.2, 0) is 9.59 Å². The Hall–Kier alpha value is -3.01. The molecule has 0 aromatic heterocycles. The summed E-state index contributed by atoms with van der Waals surface area (Å²) in [5.74, 6) is -1.87. The zero-order chi connectivity index (χ0) is 16.5. The van der Waals surface area contributed by atoms with Gasteiger partial charge in [-0.1, -0.05) is 0 Å². The summed E-state index contributed by atoms with van der Waals surface area (Å²) in [7, 11) is 0. The summed E-state index contributed by atoms with van der Waals surface area (Å²) in [6.07, 6.45) is 2.54. The number of nitro benzene ring substituents is 1. The fraction of sp³-hybridized carbons (Fsp3) is 0.267. The van der Waals surface area contributed by atoms with Crippen LogP contribution in [0.4, 0.5) is 5.69 Å². The number of rotatable bonds is 8. The molecule has 0 saturated carbocycles. The van der Waals surface area contributed by atoms with Gasteiger partial charge in [0, 0.05) is 25.0 Å². The van der Waals surface area contributed by atoms with Crippen molar-refractivity contribution in [2.75, 3.05) is 0 Å². The molecule has 0 atom stereocenters. The van der Waals surface area contributed by atoms with Crippen molar-refractivity contribution in [3.8, 4) is 6.07 Å². The number of nitrogens with zero attached hydrogens (tertiary/aromatic N) is 2. The van der Waals surface area contributed by atoms with E-state index in [1.807, 2.05) is 6.07 Å². The minimum atomic E-state index is -1.34. The van der Waals surface area contributed by atoms with Gasteiger partial charge in [0.05, 0.1) is 11.0 Å². The lowest BCUT2D eigenvalue weighted by Crippen LogP contribution is -2.12. The molecule has 1 rings (SSSR count). The number of nitro groups is 1. The summed E-state index contributed by atoms with van der Waals surface area (Å²) < 4.78 is 0. The number of hydrogen-bond acceptors (Lipinski definition) is 5. The van der Waals surface area contributed by atoms with E-state index in [0.29, 0.717) is 24.8 Å². The number of non-ortho nitro benzene ring substituents is 1. The molecule has 0 radical (unpaired) electrons. The number of ketones is 1. The van der Waals surface area contributed by atoms with Crippen LogP contribution in [0, 0.1) is 21.4 Å². The number of carbonyl (C=O) groups is 2. The van der Waals surface area contributed by atoms with Crippen LogP contribution >= 0.6 is 0 Å². The molecule has 0 unspecified atom stereocenters. The largest absolute Gasteiger partial charge is 0.478 e. The van der Waals surface area contributed by atoms with Crippen molar-refractivity contribution in [1.29, 1.82) is 5.26 Å². The molecule has 7 heteroatoms. The van der Waals surface area contributed by atoms with Gasteiger partial charge in [-0.15, -0.1) is 0 Å². The normalized spacial score (nSPS) is 10.8. The number of nitriles is 1. The quantitative estimate of drug-likeness (QED) is 0.197. The third-order valence-corrected chi connectivity index (χ3v) is 2.89. The van der Waals surface area contributed by atoms with Crippen molar-refractivity contribution in [3.63, 3.8) is 0 Å². The molecule has 1 aromatic carbocycles. The molecule has 1 N–H and O–H groups in total. The Morgan fingerprint density at radius 1 is 1.27 bits per heavy atom. The lowest BCUT2D eigenvalue weighted by Gasteiger charge is -2.02. The number of carboxylic acids is 1. The molecular formula is C15H14N2O5. The number of unbranched alkanes of at least 4 members (excludes halogenated alkanes) is 2. The second kappa shape index (κ2) is 8.32. The fourth-order valence-electron chi connectivity index (χ4n) is 1.74. The second-order valence-corrected chi connectivity index (χ2v) is 4.50. The van der Waals surface area contributed by atoms with Crippen molar-refractivity contribution in [3.05, 3.63) is 45.5 Å². The molecule has 0 spiro atoms. The minimum Gasteiger partial charge on any atom is -0.478 e. The molecule has 114 valence electrons. The highest BCUT2D eigenvalue weighted by atomic mass is 16.6. The second-order valence-electron chi connectivity index (χ2n) is 4.50. The van der Waals surface area contributed by atoms with E-state index in [1.165, 1.54) is 30.3 Å². The zero-order valence-corrected chi connectivity index (χ0v) is 11.7. The fourth-order valence-corrected chi connectivity index (χ4v) is 1.74. The van der Waals surface area contributed by atoms with Crippen LogP contribution in [0.25, 0.3) is 6.08 Å². The molecule has 0 saturated heterocycles. The number of aliphatic carboxylic acids is 1. The van der Waals surface area contributed by atoms with Gasteiger partial charge < -0.3 is 5.11 Å².